The Bertz CT molecular complexity index is 182. The molecule has 2 saturated heterocycles. The third-order valence-electron chi connectivity index (χ3n) is 3.62. The standard InChI is InChI=1S/C11H20ClNO/c1-9-4-5-13(11(9)7-12)8-10-3-2-6-14-10/h9-11H,2-8H2,1H3. The van der Waals surface area contributed by atoms with Crippen LogP contribution in [0.4, 0.5) is 0 Å². The number of likely N-dealkylation sites (tertiary alicyclic amines) is 1. The molecule has 14 heavy (non-hydrogen) atoms. The molecule has 3 atom stereocenters. The summed E-state index contributed by atoms with van der Waals surface area (Å²) in [5.74, 6) is 1.53. The molecule has 2 fully saturated rings. The summed E-state index contributed by atoms with van der Waals surface area (Å²) in [6.45, 7) is 5.57. The van der Waals surface area contributed by atoms with Gasteiger partial charge in [0.1, 0.15) is 0 Å². The summed E-state index contributed by atoms with van der Waals surface area (Å²) >= 11 is 6.00. The zero-order chi connectivity index (χ0) is 9.97. The second kappa shape index (κ2) is 4.82. The summed E-state index contributed by atoms with van der Waals surface area (Å²) in [7, 11) is 0. The van der Waals surface area contributed by atoms with Crippen molar-refractivity contribution in [1.29, 1.82) is 0 Å². The molecule has 2 heterocycles. The van der Waals surface area contributed by atoms with Gasteiger partial charge in [-0.1, -0.05) is 6.92 Å². The van der Waals surface area contributed by atoms with E-state index in [9.17, 15) is 0 Å². The van der Waals surface area contributed by atoms with Crippen molar-refractivity contribution >= 4 is 11.6 Å². The lowest BCUT2D eigenvalue weighted by Gasteiger charge is -2.27. The van der Waals surface area contributed by atoms with Crippen molar-refractivity contribution in [3.8, 4) is 0 Å². The topological polar surface area (TPSA) is 12.5 Å². The first-order valence-electron chi connectivity index (χ1n) is 5.73. The lowest BCUT2D eigenvalue weighted by atomic mass is 10.0. The summed E-state index contributed by atoms with van der Waals surface area (Å²) in [6.07, 6.45) is 4.25. The first-order chi connectivity index (χ1) is 6.81. The maximum absolute atomic E-state index is 6.00. The average molecular weight is 218 g/mol. The van der Waals surface area contributed by atoms with Gasteiger partial charge in [-0.05, 0) is 31.7 Å². The maximum atomic E-state index is 6.00. The molecule has 2 rings (SSSR count). The highest BCUT2D eigenvalue weighted by atomic mass is 35.5. The van der Waals surface area contributed by atoms with Gasteiger partial charge in [-0.25, -0.2) is 0 Å². The molecule has 0 radical (unpaired) electrons. The van der Waals surface area contributed by atoms with Gasteiger partial charge >= 0.3 is 0 Å². The van der Waals surface area contributed by atoms with Gasteiger partial charge in [0.15, 0.2) is 0 Å². The number of hydrogen-bond acceptors (Lipinski definition) is 2. The Hall–Kier alpha value is 0.210. The molecule has 0 aromatic carbocycles. The molecule has 0 saturated carbocycles. The van der Waals surface area contributed by atoms with E-state index in [-0.39, 0.29) is 0 Å². The Kier molecular flexibility index (Phi) is 3.69. The fraction of sp³-hybridized carbons (Fsp3) is 1.00. The molecular weight excluding hydrogens is 198 g/mol. The molecule has 0 N–H and O–H groups in total. The van der Waals surface area contributed by atoms with Gasteiger partial charge in [-0.3, -0.25) is 4.90 Å². The number of ether oxygens (including phenoxy) is 1. The Labute approximate surface area is 91.6 Å². The van der Waals surface area contributed by atoms with E-state index < -0.39 is 0 Å². The van der Waals surface area contributed by atoms with Crippen LogP contribution in [-0.2, 0) is 4.74 Å². The van der Waals surface area contributed by atoms with E-state index in [0.29, 0.717) is 12.1 Å². The van der Waals surface area contributed by atoms with Crippen LogP contribution in [0.1, 0.15) is 26.2 Å². The van der Waals surface area contributed by atoms with E-state index in [1.54, 1.807) is 0 Å². The van der Waals surface area contributed by atoms with Crippen LogP contribution in [0.25, 0.3) is 0 Å². The van der Waals surface area contributed by atoms with Gasteiger partial charge in [-0.2, -0.15) is 0 Å². The third-order valence-corrected chi connectivity index (χ3v) is 3.93. The summed E-state index contributed by atoms with van der Waals surface area (Å²) in [6, 6.07) is 0.584. The largest absolute Gasteiger partial charge is 0.377 e. The highest BCUT2D eigenvalue weighted by Gasteiger charge is 2.32. The number of alkyl halides is 1. The zero-order valence-corrected chi connectivity index (χ0v) is 9.67. The SMILES string of the molecule is CC1CCN(CC2CCCO2)C1CCl. The molecule has 2 aliphatic rings. The predicted octanol–water partition coefficient (Wildman–Crippen LogP) is 2.11. The number of nitrogens with zero attached hydrogens (tertiary/aromatic N) is 1. The second-order valence-electron chi connectivity index (χ2n) is 4.62. The lowest BCUT2D eigenvalue weighted by Crippen LogP contribution is -2.38. The minimum atomic E-state index is 0.478. The quantitative estimate of drug-likeness (QED) is 0.672. The van der Waals surface area contributed by atoms with Crippen molar-refractivity contribution in [1.82, 2.24) is 4.90 Å². The summed E-state index contributed by atoms with van der Waals surface area (Å²) < 4.78 is 5.66. The first kappa shape index (κ1) is 10.7. The molecule has 0 aromatic heterocycles. The maximum Gasteiger partial charge on any atom is 0.0702 e. The van der Waals surface area contributed by atoms with Gasteiger partial charge in [-0.15, -0.1) is 11.6 Å². The molecule has 0 amide bonds. The number of rotatable bonds is 3. The van der Waals surface area contributed by atoms with E-state index >= 15 is 0 Å². The molecule has 3 heteroatoms. The highest BCUT2D eigenvalue weighted by Crippen LogP contribution is 2.26. The molecular formula is C11H20ClNO. The smallest absolute Gasteiger partial charge is 0.0702 e. The minimum absolute atomic E-state index is 0.478. The van der Waals surface area contributed by atoms with Crippen LogP contribution in [0.3, 0.4) is 0 Å². The van der Waals surface area contributed by atoms with E-state index in [1.165, 1.54) is 25.8 Å². The Balaban J connectivity index is 1.84. The normalized spacial score (nSPS) is 39.4. The molecule has 0 aromatic rings. The molecule has 0 bridgehead atoms. The van der Waals surface area contributed by atoms with Crippen molar-refractivity contribution in [2.24, 2.45) is 5.92 Å². The Morgan fingerprint density at radius 3 is 2.93 bits per heavy atom. The molecule has 0 spiro atoms. The molecule has 82 valence electrons. The fourth-order valence-corrected chi connectivity index (χ4v) is 3.11. The minimum Gasteiger partial charge on any atom is -0.377 e. The van der Waals surface area contributed by atoms with Gasteiger partial charge in [0.25, 0.3) is 0 Å². The highest BCUT2D eigenvalue weighted by molar-refractivity contribution is 6.18. The predicted molar refractivity (Wildman–Crippen MR) is 58.8 cm³/mol. The van der Waals surface area contributed by atoms with Gasteiger partial charge in [0, 0.05) is 25.1 Å². The van der Waals surface area contributed by atoms with Crippen molar-refractivity contribution in [2.45, 2.75) is 38.3 Å². The Morgan fingerprint density at radius 2 is 2.29 bits per heavy atom. The van der Waals surface area contributed by atoms with E-state index in [2.05, 4.69) is 11.8 Å². The van der Waals surface area contributed by atoms with Crippen molar-refractivity contribution in [3.05, 3.63) is 0 Å². The van der Waals surface area contributed by atoms with Crippen LogP contribution in [0.5, 0.6) is 0 Å². The molecule has 2 aliphatic heterocycles. The van der Waals surface area contributed by atoms with Crippen LogP contribution in [0.15, 0.2) is 0 Å². The summed E-state index contributed by atoms with van der Waals surface area (Å²) in [5.41, 5.74) is 0. The average Bonchev–Trinajstić information content (AvgIpc) is 2.77. The lowest BCUT2D eigenvalue weighted by molar-refractivity contribution is 0.0692. The summed E-state index contributed by atoms with van der Waals surface area (Å²) in [5, 5.41) is 0. The molecule has 2 nitrogen and oxygen atoms in total. The van der Waals surface area contributed by atoms with Gasteiger partial charge in [0.2, 0.25) is 0 Å². The van der Waals surface area contributed by atoms with Crippen LogP contribution < -0.4 is 0 Å². The number of hydrogen-bond donors (Lipinski definition) is 0. The zero-order valence-electron chi connectivity index (χ0n) is 8.92. The molecule has 3 unspecified atom stereocenters. The van der Waals surface area contributed by atoms with Crippen molar-refractivity contribution in [3.63, 3.8) is 0 Å². The van der Waals surface area contributed by atoms with Crippen LogP contribution >= 0.6 is 11.6 Å². The van der Waals surface area contributed by atoms with E-state index in [1.807, 2.05) is 0 Å². The fourth-order valence-electron chi connectivity index (χ4n) is 2.61. The van der Waals surface area contributed by atoms with Gasteiger partial charge in [0.05, 0.1) is 6.10 Å². The first-order valence-corrected chi connectivity index (χ1v) is 6.26. The monoisotopic (exact) mass is 217 g/mol. The van der Waals surface area contributed by atoms with E-state index in [0.717, 1.165) is 24.9 Å². The van der Waals surface area contributed by atoms with Crippen molar-refractivity contribution < 1.29 is 4.74 Å². The van der Waals surface area contributed by atoms with Crippen LogP contribution in [0, 0.1) is 5.92 Å². The summed E-state index contributed by atoms with van der Waals surface area (Å²) in [4.78, 5) is 2.52. The van der Waals surface area contributed by atoms with Crippen LogP contribution in [-0.4, -0.2) is 42.6 Å². The van der Waals surface area contributed by atoms with Crippen LogP contribution in [0.2, 0.25) is 0 Å². The molecule has 0 aliphatic carbocycles. The van der Waals surface area contributed by atoms with E-state index in [4.69, 9.17) is 16.3 Å². The Morgan fingerprint density at radius 1 is 1.43 bits per heavy atom. The third kappa shape index (κ3) is 2.23. The van der Waals surface area contributed by atoms with Gasteiger partial charge < -0.3 is 4.74 Å². The second-order valence-corrected chi connectivity index (χ2v) is 4.93. The van der Waals surface area contributed by atoms with Crippen molar-refractivity contribution in [2.75, 3.05) is 25.6 Å². The number of halogens is 1.